The van der Waals surface area contributed by atoms with Crippen molar-refractivity contribution in [3.63, 3.8) is 0 Å². The van der Waals surface area contributed by atoms with Gasteiger partial charge in [-0.05, 0) is 118 Å². The van der Waals surface area contributed by atoms with E-state index in [-0.39, 0.29) is 0 Å². The number of anilines is 6. The molecule has 0 fully saturated rings. The molecule has 0 aliphatic heterocycles. The van der Waals surface area contributed by atoms with Gasteiger partial charge in [0.2, 0.25) is 0 Å². The van der Waals surface area contributed by atoms with Gasteiger partial charge in [-0.15, -0.1) is 11.3 Å². The van der Waals surface area contributed by atoms with Gasteiger partial charge in [-0.1, -0.05) is 200 Å². The number of thiophene rings is 1. The third-order valence-corrected chi connectivity index (χ3v) is 14.9. The largest absolute Gasteiger partial charge is 0.310 e. The molecule has 1 aromatic heterocycles. The second-order valence-electron chi connectivity index (χ2n) is 17.8. The van der Waals surface area contributed by atoms with Gasteiger partial charge < -0.3 is 9.80 Å². The third-order valence-electron chi connectivity index (χ3n) is 13.6. The summed E-state index contributed by atoms with van der Waals surface area (Å²) >= 11 is 1.88. The lowest BCUT2D eigenvalue weighted by atomic mass is 9.91. The summed E-state index contributed by atoms with van der Waals surface area (Å²) in [5.74, 6) is 0. The van der Waals surface area contributed by atoms with Crippen LogP contribution >= 0.6 is 11.3 Å². The predicted octanol–water partition coefficient (Wildman–Crippen LogP) is 19.4. The summed E-state index contributed by atoms with van der Waals surface area (Å²) in [4.78, 5) is 7.32. The van der Waals surface area contributed by atoms with Crippen LogP contribution in [0.15, 0.2) is 255 Å². The van der Waals surface area contributed by atoms with Crippen LogP contribution in [0.2, 0.25) is 0 Å². The fourth-order valence-corrected chi connectivity index (χ4v) is 11.4. The Hall–Kier alpha value is -8.50. The Morgan fingerprint density at radius 1 is 0.275 bits per heavy atom. The van der Waals surface area contributed by atoms with E-state index in [0.717, 1.165) is 34.1 Å². The molecule has 3 heteroatoms. The van der Waals surface area contributed by atoms with Crippen molar-refractivity contribution in [2.24, 2.45) is 0 Å². The monoisotopic (exact) mass is 900 g/mol. The first-order valence-corrected chi connectivity index (χ1v) is 24.5. The minimum absolute atomic E-state index is 1.10. The van der Waals surface area contributed by atoms with Crippen LogP contribution in [0.4, 0.5) is 34.1 Å². The van der Waals surface area contributed by atoms with E-state index in [1.165, 1.54) is 86.6 Å². The molecule has 0 amide bonds. The first-order chi connectivity index (χ1) is 34.1. The van der Waals surface area contributed by atoms with Crippen molar-refractivity contribution >= 4 is 77.8 Å². The van der Waals surface area contributed by atoms with Gasteiger partial charge in [0.25, 0.3) is 0 Å². The molecule has 0 spiro atoms. The van der Waals surface area contributed by atoms with Crippen LogP contribution < -0.4 is 9.80 Å². The van der Waals surface area contributed by atoms with Gasteiger partial charge >= 0.3 is 0 Å². The van der Waals surface area contributed by atoms with Gasteiger partial charge in [0.05, 0.1) is 17.1 Å². The Kier molecular flexibility index (Phi) is 10.9. The van der Waals surface area contributed by atoms with Gasteiger partial charge in [0.1, 0.15) is 0 Å². The first kappa shape index (κ1) is 41.9. The van der Waals surface area contributed by atoms with E-state index in [4.69, 9.17) is 0 Å². The molecule has 0 unspecified atom stereocenters. The van der Waals surface area contributed by atoms with E-state index >= 15 is 0 Å². The summed E-state index contributed by atoms with van der Waals surface area (Å²) < 4.78 is 0. The molecule has 0 saturated carbocycles. The molecule has 1 heterocycles. The molecule has 0 radical (unpaired) electrons. The zero-order valence-electron chi connectivity index (χ0n) is 38.6. The maximum absolute atomic E-state index is 2.43. The Bertz CT molecular complexity index is 3700. The van der Waals surface area contributed by atoms with E-state index in [1.54, 1.807) is 0 Å². The predicted molar refractivity (Wildman–Crippen MR) is 297 cm³/mol. The third kappa shape index (κ3) is 7.73. The fraction of sp³-hybridized carbons (Fsp3) is 0.0303. The molecule has 0 atom stereocenters. The number of rotatable bonds is 10. The van der Waals surface area contributed by atoms with Gasteiger partial charge in [0.15, 0.2) is 0 Å². The van der Waals surface area contributed by atoms with Crippen LogP contribution in [-0.4, -0.2) is 0 Å². The lowest BCUT2D eigenvalue weighted by Gasteiger charge is -2.28. The minimum atomic E-state index is 1.10. The van der Waals surface area contributed by atoms with Crippen molar-refractivity contribution in [2.45, 2.75) is 13.8 Å². The van der Waals surface area contributed by atoms with E-state index in [2.05, 4.69) is 278 Å². The smallest absolute Gasteiger partial charge is 0.0540 e. The lowest BCUT2D eigenvalue weighted by Crippen LogP contribution is -2.11. The van der Waals surface area contributed by atoms with Crippen LogP contribution in [0.5, 0.6) is 0 Å². The van der Waals surface area contributed by atoms with Crippen LogP contribution in [0.1, 0.15) is 11.1 Å². The minimum Gasteiger partial charge on any atom is -0.310 e. The molecule has 12 rings (SSSR count). The molecule has 0 aliphatic rings. The standard InChI is InChI=1S/C66H48N2S/c1-45-34-39-56(44-46(45)2)67(60-31-15-25-47-18-9-12-28-57(47)60)54-40-35-52(36-41-54)65-63(50-21-5-3-6-22-50)64(51-23-7-4-8-24-51)66(69-65)53-37-42-55(43-38-53)68(61-32-16-26-48-19-10-13-29-58(48)61)62-33-17-27-49-20-11-14-30-59(49)62/h3-44H,1-2H3. The topological polar surface area (TPSA) is 6.48 Å². The molecule has 69 heavy (non-hydrogen) atoms. The van der Waals surface area contributed by atoms with Crippen molar-refractivity contribution in [3.05, 3.63) is 266 Å². The van der Waals surface area contributed by atoms with Crippen molar-refractivity contribution in [3.8, 4) is 43.1 Å². The highest BCUT2D eigenvalue weighted by Crippen LogP contribution is 2.53. The normalized spacial score (nSPS) is 11.3. The van der Waals surface area contributed by atoms with Crippen molar-refractivity contribution in [2.75, 3.05) is 9.80 Å². The summed E-state index contributed by atoms with van der Waals surface area (Å²) in [6.07, 6.45) is 0. The highest BCUT2D eigenvalue weighted by molar-refractivity contribution is 7.20. The Balaban J connectivity index is 1.02. The molecule has 11 aromatic carbocycles. The number of fused-ring (bicyclic) bond motifs is 3. The van der Waals surface area contributed by atoms with Crippen LogP contribution in [0, 0.1) is 13.8 Å². The van der Waals surface area contributed by atoms with E-state index < -0.39 is 0 Å². The average Bonchev–Trinajstić information content (AvgIpc) is 3.82. The summed E-state index contributed by atoms with van der Waals surface area (Å²) in [5, 5.41) is 7.27. The Labute approximate surface area is 408 Å². The number of benzene rings is 11. The van der Waals surface area contributed by atoms with Gasteiger partial charge in [-0.3, -0.25) is 0 Å². The number of hydrogen-bond acceptors (Lipinski definition) is 3. The van der Waals surface area contributed by atoms with Crippen molar-refractivity contribution in [1.29, 1.82) is 0 Å². The first-order valence-electron chi connectivity index (χ1n) is 23.7. The van der Waals surface area contributed by atoms with Gasteiger partial charge in [0, 0.05) is 54.1 Å². The molecule has 0 aliphatic carbocycles. The lowest BCUT2D eigenvalue weighted by molar-refractivity contribution is 1.26. The summed E-state index contributed by atoms with van der Waals surface area (Å²) in [6.45, 7) is 4.38. The molecule has 12 aromatic rings. The summed E-state index contributed by atoms with van der Waals surface area (Å²) in [5.41, 5.74) is 16.6. The molecule has 0 bridgehead atoms. The zero-order chi connectivity index (χ0) is 46.3. The number of hydrogen-bond donors (Lipinski definition) is 0. The maximum Gasteiger partial charge on any atom is 0.0540 e. The molecular formula is C66H48N2S. The molecule has 0 saturated heterocycles. The van der Waals surface area contributed by atoms with Crippen LogP contribution in [0.25, 0.3) is 75.5 Å². The van der Waals surface area contributed by atoms with Crippen LogP contribution in [-0.2, 0) is 0 Å². The second kappa shape index (κ2) is 18.0. The van der Waals surface area contributed by atoms with Crippen LogP contribution in [0.3, 0.4) is 0 Å². The maximum atomic E-state index is 2.43. The van der Waals surface area contributed by atoms with E-state index in [9.17, 15) is 0 Å². The molecule has 2 nitrogen and oxygen atoms in total. The second-order valence-corrected chi connectivity index (χ2v) is 18.8. The average molecular weight is 901 g/mol. The molecule has 328 valence electrons. The van der Waals surface area contributed by atoms with Gasteiger partial charge in [-0.2, -0.15) is 0 Å². The molecular weight excluding hydrogens is 853 g/mol. The number of nitrogens with zero attached hydrogens (tertiary/aromatic N) is 2. The highest BCUT2D eigenvalue weighted by atomic mass is 32.1. The zero-order valence-corrected chi connectivity index (χ0v) is 39.4. The Morgan fingerprint density at radius 2 is 0.638 bits per heavy atom. The van der Waals surface area contributed by atoms with Crippen molar-refractivity contribution in [1.82, 2.24) is 0 Å². The highest BCUT2D eigenvalue weighted by Gasteiger charge is 2.25. The quantitative estimate of drug-likeness (QED) is 0.135. The van der Waals surface area contributed by atoms with E-state index in [1.807, 2.05) is 11.3 Å². The SMILES string of the molecule is Cc1ccc(N(c2ccc(-c3sc(-c4ccc(N(c5cccc6ccccc56)c5cccc6ccccc56)cc4)c(-c4ccccc4)c3-c3ccccc3)cc2)c2cccc3ccccc23)cc1C. The summed E-state index contributed by atoms with van der Waals surface area (Å²) in [6, 6.07) is 93.1. The number of aryl methyl sites for hydroxylation is 2. The van der Waals surface area contributed by atoms with Crippen molar-refractivity contribution < 1.29 is 0 Å². The van der Waals surface area contributed by atoms with Gasteiger partial charge in [-0.25, -0.2) is 0 Å². The molecule has 0 N–H and O–H groups in total. The van der Waals surface area contributed by atoms with E-state index in [0.29, 0.717) is 0 Å². The Morgan fingerprint density at radius 3 is 1.07 bits per heavy atom. The fourth-order valence-electron chi connectivity index (χ4n) is 10.0. The summed E-state index contributed by atoms with van der Waals surface area (Å²) in [7, 11) is 0.